The fourth-order valence-electron chi connectivity index (χ4n) is 2.83. The first-order valence-corrected chi connectivity index (χ1v) is 7.67. The second-order valence-electron chi connectivity index (χ2n) is 5.45. The molecule has 2 aliphatic rings. The number of hydrogen-bond acceptors (Lipinski definition) is 3. The average molecular weight is 301 g/mol. The van der Waals surface area contributed by atoms with Crippen molar-refractivity contribution in [2.24, 2.45) is 5.92 Å². The SMILES string of the molecule is CC1CCc2sc(C(=O)N3CCNCC3)cc2C1.Cl. The summed E-state index contributed by atoms with van der Waals surface area (Å²) in [6, 6.07) is 2.15. The highest BCUT2D eigenvalue weighted by molar-refractivity contribution is 7.14. The molecule has 1 aromatic rings. The molecule has 1 unspecified atom stereocenters. The van der Waals surface area contributed by atoms with Gasteiger partial charge in [0, 0.05) is 31.1 Å². The zero-order valence-electron chi connectivity index (χ0n) is 11.3. The summed E-state index contributed by atoms with van der Waals surface area (Å²) in [5, 5.41) is 3.29. The van der Waals surface area contributed by atoms with Crippen LogP contribution in [-0.4, -0.2) is 37.0 Å². The number of hydrogen-bond donors (Lipinski definition) is 1. The molecule has 0 saturated carbocycles. The van der Waals surface area contributed by atoms with Gasteiger partial charge in [-0.25, -0.2) is 0 Å². The largest absolute Gasteiger partial charge is 0.335 e. The van der Waals surface area contributed by atoms with Crippen molar-refractivity contribution in [2.75, 3.05) is 26.2 Å². The van der Waals surface area contributed by atoms with Gasteiger partial charge in [-0.2, -0.15) is 0 Å². The first-order valence-electron chi connectivity index (χ1n) is 6.85. The number of aryl methyl sites for hydroxylation is 1. The Morgan fingerprint density at radius 2 is 2.16 bits per heavy atom. The summed E-state index contributed by atoms with van der Waals surface area (Å²) in [7, 11) is 0. The Labute approximate surface area is 124 Å². The third kappa shape index (κ3) is 3.12. The second kappa shape index (κ2) is 6.25. The highest BCUT2D eigenvalue weighted by Crippen LogP contribution is 2.32. The number of halogens is 1. The van der Waals surface area contributed by atoms with E-state index in [9.17, 15) is 4.79 Å². The lowest BCUT2D eigenvalue weighted by molar-refractivity contribution is 0.0740. The van der Waals surface area contributed by atoms with Crippen molar-refractivity contribution in [2.45, 2.75) is 26.2 Å². The van der Waals surface area contributed by atoms with Crippen LogP contribution in [0.15, 0.2) is 6.07 Å². The number of fused-ring (bicyclic) bond motifs is 1. The van der Waals surface area contributed by atoms with E-state index in [1.165, 1.54) is 16.9 Å². The van der Waals surface area contributed by atoms with Crippen LogP contribution < -0.4 is 5.32 Å². The minimum absolute atomic E-state index is 0. The van der Waals surface area contributed by atoms with Gasteiger partial charge in [0.25, 0.3) is 5.91 Å². The molecule has 2 heterocycles. The van der Waals surface area contributed by atoms with Crippen LogP contribution in [0, 0.1) is 5.92 Å². The highest BCUT2D eigenvalue weighted by Gasteiger charge is 2.24. The number of rotatable bonds is 1. The predicted octanol–water partition coefficient (Wildman–Crippen LogP) is 2.34. The van der Waals surface area contributed by atoms with Gasteiger partial charge < -0.3 is 10.2 Å². The molecule has 0 aromatic carbocycles. The molecule has 5 heteroatoms. The third-order valence-corrected chi connectivity index (χ3v) is 5.17. The van der Waals surface area contributed by atoms with E-state index in [4.69, 9.17) is 0 Å². The summed E-state index contributed by atoms with van der Waals surface area (Å²) in [6.07, 6.45) is 3.59. The van der Waals surface area contributed by atoms with Crippen LogP contribution in [0.5, 0.6) is 0 Å². The summed E-state index contributed by atoms with van der Waals surface area (Å²) in [6.45, 7) is 5.84. The molecule has 1 aliphatic heterocycles. The van der Waals surface area contributed by atoms with Gasteiger partial charge in [-0.3, -0.25) is 4.79 Å². The van der Waals surface area contributed by atoms with Crippen LogP contribution in [0.1, 0.15) is 33.5 Å². The molecule has 106 valence electrons. The summed E-state index contributed by atoms with van der Waals surface area (Å²) < 4.78 is 0. The third-order valence-electron chi connectivity index (χ3n) is 3.94. The Kier molecular flexibility index (Phi) is 4.87. The average Bonchev–Trinajstić information content (AvgIpc) is 2.81. The van der Waals surface area contributed by atoms with Crippen LogP contribution >= 0.6 is 23.7 Å². The Balaban J connectivity index is 0.00000133. The molecule has 1 atom stereocenters. The molecule has 1 aromatic heterocycles. The summed E-state index contributed by atoms with van der Waals surface area (Å²) in [4.78, 5) is 16.8. The number of nitrogens with zero attached hydrogens (tertiary/aromatic N) is 1. The number of amides is 1. The van der Waals surface area contributed by atoms with Crippen LogP contribution in [0.4, 0.5) is 0 Å². The summed E-state index contributed by atoms with van der Waals surface area (Å²) >= 11 is 1.73. The maximum Gasteiger partial charge on any atom is 0.264 e. The second-order valence-corrected chi connectivity index (χ2v) is 6.59. The first kappa shape index (κ1) is 14.8. The van der Waals surface area contributed by atoms with Gasteiger partial charge in [0.15, 0.2) is 0 Å². The van der Waals surface area contributed by atoms with Crippen molar-refractivity contribution >= 4 is 29.7 Å². The number of thiophene rings is 1. The van der Waals surface area contributed by atoms with Crippen LogP contribution in [0.2, 0.25) is 0 Å². The Hall–Kier alpha value is -0.580. The van der Waals surface area contributed by atoms with E-state index in [0.717, 1.165) is 49.8 Å². The molecule has 1 N–H and O–H groups in total. The molecule has 1 aliphatic carbocycles. The van der Waals surface area contributed by atoms with Crippen LogP contribution in [-0.2, 0) is 12.8 Å². The normalized spacial score (nSPS) is 22.6. The number of carbonyl (C=O) groups is 1. The first-order chi connectivity index (χ1) is 8.74. The van der Waals surface area contributed by atoms with E-state index >= 15 is 0 Å². The van der Waals surface area contributed by atoms with E-state index < -0.39 is 0 Å². The molecule has 3 rings (SSSR count). The molecule has 1 saturated heterocycles. The van der Waals surface area contributed by atoms with Crippen LogP contribution in [0.3, 0.4) is 0 Å². The van der Waals surface area contributed by atoms with Gasteiger partial charge in [0.05, 0.1) is 4.88 Å². The lowest BCUT2D eigenvalue weighted by Gasteiger charge is -2.26. The van der Waals surface area contributed by atoms with Gasteiger partial charge in [0.1, 0.15) is 0 Å². The summed E-state index contributed by atoms with van der Waals surface area (Å²) in [5.74, 6) is 1.01. The highest BCUT2D eigenvalue weighted by atomic mass is 35.5. The van der Waals surface area contributed by atoms with E-state index in [2.05, 4.69) is 18.3 Å². The van der Waals surface area contributed by atoms with Crippen molar-refractivity contribution in [3.8, 4) is 0 Å². The van der Waals surface area contributed by atoms with Crippen LogP contribution in [0.25, 0.3) is 0 Å². The van der Waals surface area contributed by atoms with E-state index in [1.807, 2.05) is 4.90 Å². The molecule has 1 fully saturated rings. The quantitative estimate of drug-likeness (QED) is 0.863. The van der Waals surface area contributed by atoms with Crippen molar-refractivity contribution in [1.29, 1.82) is 0 Å². The predicted molar refractivity (Wildman–Crippen MR) is 81.5 cm³/mol. The molecule has 3 nitrogen and oxygen atoms in total. The number of piperazine rings is 1. The Morgan fingerprint density at radius 1 is 1.42 bits per heavy atom. The lowest BCUT2D eigenvalue weighted by Crippen LogP contribution is -2.46. The zero-order valence-corrected chi connectivity index (χ0v) is 12.9. The summed E-state index contributed by atoms with van der Waals surface area (Å²) in [5.41, 5.74) is 1.43. The minimum atomic E-state index is 0. The van der Waals surface area contributed by atoms with E-state index in [-0.39, 0.29) is 18.3 Å². The minimum Gasteiger partial charge on any atom is -0.335 e. The fraction of sp³-hybridized carbons (Fsp3) is 0.643. The van der Waals surface area contributed by atoms with Gasteiger partial charge in [-0.15, -0.1) is 23.7 Å². The molecular weight excluding hydrogens is 280 g/mol. The van der Waals surface area contributed by atoms with Gasteiger partial charge in [-0.1, -0.05) is 6.92 Å². The number of carbonyl (C=O) groups excluding carboxylic acids is 1. The molecular formula is C14H21ClN2OS. The Morgan fingerprint density at radius 3 is 2.89 bits per heavy atom. The maximum absolute atomic E-state index is 12.4. The molecule has 0 radical (unpaired) electrons. The fourth-order valence-corrected chi connectivity index (χ4v) is 4.01. The van der Waals surface area contributed by atoms with E-state index in [1.54, 1.807) is 11.3 Å². The number of nitrogens with one attached hydrogen (secondary N) is 1. The lowest BCUT2D eigenvalue weighted by atomic mass is 9.90. The van der Waals surface area contributed by atoms with Gasteiger partial charge in [-0.05, 0) is 36.8 Å². The van der Waals surface area contributed by atoms with Gasteiger partial charge >= 0.3 is 0 Å². The van der Waals surface area contributed by atoms with E-state index in [0.29, 0.717) is 0 Å². The molecule has 0 bridgehead atoms. The topological polar surface area (TPSA) is 32.3 Å². The van der Waals surface area contributed by atoms with Crippen molar-refractivity contribution in [3.63, 3.8) is 0 Å². The zero-order chi connectivity index (χ0) is 12.5. The van der Waals surface area contributed by atoms with Gasteiger partial charge in [0.2, 0.25) is 0 Å². The smallest absolute Gasteiger partial charge is 0.264 e. The Bertz CT molecular complexity index is 454. The standard InChI is InChI=1S/C14H20N2OS.ClH/c1-10-2-3-12-11(8-10)9-13(18-12)14(17)16-6-4-15-5-7-16;/h9-10,15H,2-8H2,1H3;1H. The van der Waals surface area contributed by atoms with Crippen molar-refractivity contribution in [1.82, 2.24) is 10.2 Å². The monoisotopic (exact) mass is 300 g/mol. The van der Waals surface area contributed by atoms with Crippen molar-refractivity contribution < 1.29 is 4.79 Å². The maximum atomic E-state index is 12.4. The van der Waals surface area contributed by atoms with Crippen molar-refractivity contribution in [3.05, 3.63) is 21.4 Å². The molecule has 19 heavy (non-hydrogen) atoms. The molecule has 1 amide bonds. The molecule has 0 spiro atoms.